The Labute approximate surface area is 390 Å². The van der Waals surface area contributed by atoms with Crippen LogP contribution in [0.1, 0.15) is 0 Å². The predicted octanol–water partition coefficient (Wildman–Crippen LogP) is 17.4. The molecule has 3 nitrogen and oxygen atoms in total. The number of thiophene rings is 1. The lowest BCUT2D eigenvalue weighted by Gasteiger charge is -2.17. The minimum Gasteiger partial charge on any atom is -0.208 e. The Balaban J connectivity index is 0.875. The van der Waals surface area contributed by atoms with E-state index in [0.717, 1.165) is 33.4 Å². The van der Waals surface area contributed by atoms with Crippen molar-refractivity contribution in [3.63, 3.8) is 0 Å². The smallest absolute Gasteiger partial charge is 0.164 e. The maximum Gasteiger partial charge on any atom is 0.164 e. The third-order valence-electron chi connectivity index (χ3n) is 13.6. The molecule has 2 heterocycles. The van der Waals surface area contributed by atoms with Crippen molar-refractivity contribution in [2.24, 2.45) is 0 Å². The number of hydrogen-bond acceptors (Lipinski definition) is 4. The standard InChI is InChI=1S/C63H37N3S/c1-2-11-42(12-3-1)61-64-62(66-63(65-61)49-20-7-19-46(34-49)56-37-47-13-4-5-24-55(47)67-56)43-30-25-38(26-31-43)44-17-6-18-45(33-44)50-35-48-32-29-41-15-9-22-52-51-21-8-14-39-27-28-40-16-10-23-53(59(40)57(39)51)54(36-50)60(48)58(41)52/h1-37H. The molecular formula is C63H37N3S. The summed E-state index contributed by atoms with van der Waals surface area (Å²) in [7, 11) is 0. The molecule has 0 bridgehead atoms. The topological polar surface area (TPSA) is 38.7 Å². The van der Waals surface area contributed by atoms with Gasteiger partial charge >= 0.3 is 0 Å². The van der Waals surface area contributed by atoms with E-state index in [1.54, 1.807) is 11.3 Å². The summed E-state index contributed by atoms with van der Waals surface area (Å²) in [4.78, 5) is 16.5. The predicted molar refractivity (Wildman–Crippen MR) is 284 cm³/mol. The molecule has 0 atom stereocenters. The molecule has 12 aromatic carbocycles. The fraction of sp³-hybridized carbons (Fsp3) is 0. The third kappa shape index (κ3) is 6.22. The number of hydrogen-bond donors (Lipinski definition) is 0. The molecule has 0 N–H and O–H groups in total. The first-order valence-electron chi connectivity index (χ1n) is 22.7. The van der Waals surface area contributed by atoms with Gasteiger partial charge in [0.05, 0.1) is 0 Å². The average Bonchev–Trinajstić information content (AvgIpc) is 3.85. The molecule has 0 aliphatic rings. The monoisotopic (exact) mass is 867 g/mol. The maximum absolute atomic E-state index is 5.13. The molecular weight excluding hydrogens is 831 g/mol. The van der Waals surface area contributed by atoms with Gasteiger partial charge in [-0.3, -0.25) is 0 Å². The van der Waals surface area contributed by atoms with Gasteiger partial charge in [-0.05, 0) is 134 Å². The first-order valence-corrected chi connectivity index (χ1v) is 23.6. The molecule has 0 amide bonds. The molecule has 0 aliphatic heterocycles. The summed E-state index contributed by atoms with van der Waals surface area (Å²) in [5.41, 5.74) is 8.61. The lowest BCUT2D eigenvalue weighted by atomic mass is 9.86. The van der Waals surface area contributed by atoms with Crippen molar-refractivity contribution in [2.75, 3.05) is 0 Å². The highest BCUT2D eigenvalue weighted by atomic mass is 32.1. The number of rotatable bonds is 6. The first-order chi connectivity index (χ1) is 33.2. The summed E-state index contributed by atoms with van der Waals surface area (Å²) >= 11 is 1.80. The lowest BCUT2D eigenvalue weighted by molar-refractivity contribution is 1.07. The minimum atomic E-state index is 0.636. The van der Waals surface area contributed by atoms with E-state index in [9.17, 15) is 0 Å². The van der Waals surface area contributed by atoms with E-state index < -0.39 is 0 Å². The second kappa shape index (κ2) is 15.0. The number of nitrogens with zero attached hydrogens (tertiary/aromatic N) is 3. The zero-order valence-corrected chi connectivity index (χ0v) is 36.9. The molecule has 0 radical (unpaired) electrons. The van der Waals surface area contributed by atoms with E-state index in [1.165, 1.54) is 90.7 Å². The Bertz CT molecular complexity index is 4230. The summed E-state index contributed by atoms with van der Waals surface area (Å²) in [6, 6.07) is 81.4. The summed E-state index contributed by atoms with van der Waals surface area (Å²) < 4.78 is 1.27. The first kappa shape index (κ1) is 37.8. The second-order valence-electron chi connectivity index (χ2n) is 17.5. The van der Waals surface area contributed by atoms with Gasteiger partial charge in [0.2, 0.25) is 0 Å². The molecule has 0 saturated carbocycles. The van der Waals surface area contributed by atoms with Crippen LogP contribution in [-0.2, 0) is 0 Å². The van der Waals surface area contributed by atoms with Crippen molar-refractivity contribution < 1.29 is 0 Å². The quantitative estimate of drug-likeness (QED) is 0.156. The second-order valence-corrected chi connectivity index (χ2v) is 18.6. The zero-order valence-electron chi connectivity index (χ0n) is 36.1. The van der Waals surface area contributed by atoms with Crippen LogP contribution in [0.3, 0.4) is 0 Å². The highest BCUT2D eigenvalue weighted by Crippen LogP contribution is 2.45. The van der Waals surface area contributed by atoms with Crippen LogP contribution in [0.25, 0.3) is 142 Å². The van der Waals surface area contributed by atoms with Gasteiger partial charge in [-0.1, -0.05) is 188 Å². The maximum atomic E-state index is 5.13. The fourth-order valence-electron chi connectivity index (χ4n) is 10.4. The molecule has 4 heteroatoms. The van der Waals surface area contributed by atoms with Gasteiger partial charge in [0.1, 0.15) is 0 Å². The summed E-state index contributed by atoms with van der Waals surface area (Å²) in [5, 5.41) is 16.7. The molecule has 14 rings (SSSR count). The lowest BCUT2D eigenvalue weighted by Crippen LogP contribution is -2.00. The van der Waals surface area contributed by atoms with Crippen LogP contribution >= 0.6 is 11.3 Å². The fourth-order valence-corrected chi connectivity index (χ4v) is 11.5. The van der Waals surface area contributed by atoms with Crippen LogP contribution in [0, 0.1) is 0 Å². The van der Waals surface area contributed by atoms with Gasteiger partial charge in [-0.2, -0.15) is 0 Å². The van der Waals surface area contributed by atoms with Crippen LogP contribution < -0.4 is 0 Å². The Morgan fingerprint density at radius 2 is 0.687 bits per heavy atom. The third-order valence-corrected chi connectivity index (χ3v) is 14.8. The number of fused-ring (bicyclic) bond motifs is 3. The Morgan fingerprint density at radius 3 is 1.34 bits per heavy atom. The molecule has 14 aromatic rings. The van der Waals surface area contributed by atoms with Crippen molar-refractivity contribution in [1.29, 1.82) is 0 Å². The molecule has 0 aliphatic carbocycles. The van der Waals surface area contributed by atoms with Crippen LogP contribution in [0.2, 0.25) is 0 Å². The Morgan fingerprint density at radius 1 is 0.239 bits per heavy atom. The SMILES string of the molecule is c1ccc(-c2nc(-c3ccc(-c4cccc(-c5cc6ccc7cccc8c9cccc%10ccc%11cccc(c(c5)c6c78)c%11c%109)c4)cc3)nc(-c3cccc(-c4cc5ccccc5s4)c3)n2)cc1. The average molecular weight is 868 g/mol. The Hall–Kier alpha value is -8.57. The van der Waals surface area contributed by atoms with Gasteiger partial charge in [0.25, 0.3) is 0 Å². The van der Waals surface area contributed by atoms with Crippen molar-refractivity contribution in [2.45, 2.75) is 0 Å². The van der Waals surface area contributed by atoms with Crippen molar-refractivity contribution in [1.82, 2.24) is 15.0 Å². The summed E-state index contributed by atoms with van der Waals surface area (Å²) in [5.74, 6) is 1.93. The molecule has 310 valence electrons. The molecule has 67 heavy (non-hydrogen) atoms. The largest absolute Gasteiger partial charge is 0.208 e. The van der Waals surface area contributed by atoms with Crippen molar-refractivity contribution in [3.05, 3.63) is 224 Å². The van der Waals surface area contributed by atoms with Crippen molar-refractivity contribution >= 4 is 86.1 Å². The van der Waals surface area contributed by atoms with E-state index in [0.29, 0.717) is 17.5 Å². The van der Waals surface area contributed by atoms with Crippen LogP contribution in [0.15, 0.2) is 224 Å². The molecule has 0 fully saturated rings. The van der Waals surface area contributed by atoms with Crippen LogP contribution in [0.4, 0.5) is 0 Å². The van der Waals surface area contributed by atoms with E-state index >= 15 is 0 Å². The highest BCUT2D eigenvalue weighted by molar-refractivity contribution is 7.22. The van der Waals surface area contributed by atoms with Crippen LogP contribution in [-0.4, -0.2) is 15.0 Å². The number of aromatic nitrogens is 3. The van der Waals surface area contributed by atoms with E-state index in [-0.39, 0.29) is 0 Å². The number of benzene rings is 11. The van der Waals surface area contributed by atoms with Gasteiger partial charge in [-0.25, -0.2) is 15.0 Å². The van der Waals surface area contributed by atoms with E-state index in [2.05, 4.69) is 206 Å². The molecule has 0 saturated heterocycles. The molecule has 2 aromatic heterocycles. The summed E-state index contributed by atoms with van der Waals surface area (Å²) in [6.45, 7) is 0. The normalized spacial score (nSPS) is 11.9. The van der Waals surface area contributed by atoms with Gasteiger partial charge < -0.3 is 0 Å². The Kier molecular flexibility index (Phi) is 8.45. The molecule has 0 unspecified atom stereocenters. The van der Waals surface area contributed by atoms with E-state index in [1.807, 2.05) is 18.2 Å². The zero-order chi connectivity index (χ0) is 44.0. The molecule has 0 spiro atoms. The van der Waals surface area contributed by atoms with E-state index in [4.69, 9.17) is 15.0 Å². The van der Waals surface area contributed by atoms with Crippen LogP contribution in [0.5, 0.6) is 0 Å². The van der Waals surface area contributed by atoms with Gasteiger partial charge in [0.15, 0.2) is 17.5 Å². The van der Waals surface area contributed by atoms with Crippen molar-refractivity contribution in [3.8, 4) is 66.9 Å². The van der Waals surface area contributed by atoms with Gasteiger partial charge in [-0.15, -0.1) is 11.3 Å². The minimum absolute atomic E-state index is 0.636. The highest BCUT2D eigenvalue weighted by Gasteiger charge is 2.18. The van der Waals surface area contributed by atoms with Gasteiger partial charge in [0, 0.05) is 26.3 Å². The summed E-state index contributed by atoms with van der Waals surface area (Å²) in [6.07, 6.45) is 0.